The molecule has 2 aromatic carbocycles. The molecule has 1 atom stereocenters. The summed E-state index contributed by atoms with van der Waals surface area (Å²) >= 11 is 0. The lowest BCUT2D eigenvalue weighted by atomic mass is 9.90. The number of benzene rings is 2. The molecule has 1 fully saturated rings. The number of carbonyl (C=O) groups is 1. The molecule has 1 aromatic heterocycles. The average Bonchev–Trinajstić information content (AvgIpc) is 3.32. The third kappa shape index (κ3) is 3.22. The maximum absolute atomic E-state index is 13.4. The van der Waals surface area contributed by atoms with Crippen LogP contribution >= 0.6 is 0 Å². The number of halogens is 1. The Morgan fingerprint density at radius 2 is 2.11 bits per heavy atom. The zero-order valence-electron chi connectivity index (χ0n) is 15.3. The molecule has 3 heterocycles. The van der Waals surface area contributed by atoms with E-state index in [0.717, 1.165) is 30.7 Å². The highest BCUT2D eigenvalue weighted by atomic mass is 19.1. The van der Waals surface area contributed by atoms with Crippen molar-refractivity contribution in [1.29, 1.82) is 0 Å². The molecule has 0 amide bonds. The van der Waals surface area contributed by atoms with Gasteiger partial charge in [0.05, 0.1) is 17.6 Å². The average molecular weight is 381 g/mol. The Morgan fingerprint density at radius 3 is 3.04 bits per heavy atom. The number of ether oxygens (including phenoxy) is 2. The first-order valence-electron chi connectivity index (χ1n) is 9.46. The number of likely N-dealkylation sites (tertiary alicyclic amines) is 1. The number of Topliss-reactive ketones (excluding diaryl/α,β-unsaturated/α-hetero) is 1. The van der Waals surface area contributed by atoms with Gasteiger partial charge in [0.15, 0.2) is 17.3 Å². The first kappa shape index (κ1) is 17.2. The molecule has 0 aliphatic carbocycles. The van der Waals surface area contributed by atoms with Gasteiger partial charge in [-0.25, -0.2) is 9.37 Å². The number of nitrogens with zero attached hydrogens (tertiary/aromatic N) is 2. The number of H-pyrrole nitrogens is 1. The Kier molecular flexibility index (Phi) is 4.24. The SMILES string of the molecule is O=C(c1ccc2c(c1)OCO2)C1CCCN(Cc2nc3ccc(F)cc3[nH]2)C1. The van der Waals surface area contributed by atoms with Gasteiger partial charge < -0.3 is 14.5 Å². The number of carbonyl (C=O) groups excluding carboxylic acids is 1. The number of hydrogen-bond acceptors (Lipinski definition) is 5. The Balaban J connectivity index is 1.29. The number of fused-ring (bicyclic) bond motifs is 2. The van der Waals surface area contributed by atoms with Crippen molar-refractivity contribution in [3.63, 3.8) is 0 Å². The van der Waals surface area contributed by atoms with E-state index in [1.165, 1.54) is 12.1 Å². The molecule has 0 radical (unpaired) electrons. The predicted octanol–water partition coefficient (Wildman–Crippen LogP) is 3.53. The van der Waals surface area contributed by atoms with Crippen LogP contribution in [0.4, 0.5) is 4.39 Å². The number of aromatic amines is 1. The van der Waals surface area contributed by atoms with E-state index in [2.05, 4.69) is 14.9 Å². The van der Waals surface area contributed by atoms with Gasteiger partial charge in [-0.15, -0.1) is 0 Å². The smallest absolute Gasteiger partial charge is 0.231 e. The maximum Gasteiger partial charge on any atom is 0.231 e. The number of hydrogen-bond donors (Lipinski definition) is 1. The monoisotopic (exact) mass is 381 g/mol. The highest BCUT2D eigenvalue weighted by molar-refractivity contribution is 5.98. The first-order valence-corrected chi connectivity index (χ1v) is 9.46. The van der Waals surface area contributed by atoms with Gasteiger partial charge >= 0.3 is 0 Å². The molecule has 1 saturated heterocycles. The summed E-state index contributed by atoms with van der Waals surface area (Å²) in [6.07, 6.45) is 1.82. The number of aromatic nitrogens is 2. The van der Waals surface area contributed by atoms with E-state index in [4.69, 9.17) is 9.47 Å². The van der Waals surface area contributed by atoms with Gasteiger partial charge in [-0.3, -0.25) is 9.69 Å². The summed E-state index contributed by atoms with van der Waals surface area (Å²) in [4.78, 5) is 22.9. The van der Waals surface area contributed by atoms with Crippen molar-refractivity contribution in [2.24, 2.45) is 5.92 Å². The molecular weight excluding hydrogens is 361 g/mol. The second-order valence-electron chi connectivity index (χ2n) is 7.35. The van der Waals surface area contributed by atoms with Crippen LogP contribution in [0.2, 0.25) is 0 Å². The van der Waals surface area contributed by atoms with Crippen molar-refractivity contribution >= 4 is 16.8 Å². The van der Waals surface area contributed by atoms with Crippen molar-refractivity contribution in [3.8, 4) is 11.5 Å². The molecule has 28 heavy (non-hydrogen) atoms. The fourth-order valence-electron chi connectivity index (χ4n) is 4.02. The zero-order valence-corrected chi connectivity index (χ0v) is 15.3. The lowest BCUT2D eigenvalue weighted by molar-refractivity contribution is 0.0808. The standard InChI is InChI=1S/C21H20FN3O3/c22-15-4-5-16-17(9-15)24-20(23-16)11-25-7-1-2-14(10-25)21(26)13-3-6-18-19(8-13)28-12-27-18/h3-6,8-9,14H,1-2,7,10-12H2,(H,23,24). The predicted molar refractivity (Wildman–Crippen MR) is 101 cm³/mol. The van der Waals surface area contributed by atoms with Crippen LogP contribution in [0.25, 0.3) is 11.0 Å². The van der Waals surface area contributed by atoms with Crippen LogP contribution < -0.4 is 9.47 Å². The summed E-state index contributed by atoms with van der Waals surface area (Å²) in [6, 6.07) is 9.92. The van der Waals surface area contributed by atoms with Crippen LogP contribution in [0.5, 0.6) is 11.5 Å². The Morgan fingerprint density at radius 1 is 1.21 bits per heavy atom. The van der Waals surface area contributed by atoms with Crippen molar-refractivity contribution < 1.29 is 18.7 Å². The van der Waals surface area contributed by atoms with Gasteiger partial charge in [-0.05, 0) is 55.8 Å². The molecule has 2 aliphatic rings. The molecular formula is C21H20FN3O3. The van der Waals surface area contributed by atoms with Crippen molar-refractivity contribution in [1.82, 2.24) is 14.9 Å². The number of nitrogens with one attached hydrogen (secondary N) is 1. The summed E-state index contributed by atoms with van der Waals surface area (Å²) < 4.78 is 24.1. The Bertz CT molecular complexity index is 1050. The summed E-state index contributed by atoms with van der Waals surface area (Å²) in [5.41, 5.74) is 2.11. The summed E-state index contributed by atoms with van der Waals surface area (Å²) in [6.45, 7) is 2.40. The highest BCUT2D eigenvalue weighted by Crippen LogP contribution is 2.34. The van der Waals surface area contributed by atoms with Crippen LogP contribution in [0.15, 0.2) is 36.4 Å². The van der Waals surface area contributed by atoms with Crippen LogP contribution in [0.1, 0.15) is 29.0 Å². The minimum absolute atomic E-state index is 0.0593. The van der Waals surface area contributed by atoms with Gasteiger partial charge in [0.25, 0.3) is 0 Å². The van der Waals surface area contributed by atoms with E-state index in [-0.39, 0.29) is 24.3 Å². The number of imidazole rings is 1. The molecule has 0 bridgehead atoms. The van der Waals surface area contributed by atoms with Crippen molar-refractivity contribution in [2.45, 2.75) is 19.4 Å². The molecule has 144 valence electrons. The largest absolute Gasteiger partial charge is 0.454 e. The molecule has 3 aromatic rings. The number of rotatable bonds is 4. The fraction of sp³-hybridized carbons (Fsp3) is 0.333. The summed E-state index contributed by atoms with van der Waals surface area (Å²) in [7, 11) is 0. The Labute approximate surface area is 161 Å². The maximum atomic E-state index is 13.4. The molecule has 1 N–H and O–H groups in total. The van der Waals surface area contributed by atoms with Crippen molar-refractivity contribution in [2.75, 3.05) is 19.9 Å². The van der Waals surface area contributed by atoms with Gasteiger partial charge in [-0.2, -0.15) is 0 Å². The lowest BCUT2D eigenvalue weighted by Gasteiger charge is -2.31. The number of piperidine rings is 1. The molecule has 0 spiro atoms. The van der Waals surface area contributed by atoms with Crippen LogP contribution in [0.3, 0.4) is 0 Å². The van der Waals surface area contributed by atoms with Gasteiger partial charge in [0.2, 0.25) is 6.79 Å². The second-order valence-corrected chi connectivity index (χ2v) is 7.35. The lowest BCUT2D eigenvalue weighted by Crippen LogP contribution is -2.38. The van der Waals surface area contributed by atoms with Crippen LogP contribution in [0, 0.1) is 11.7 Å². The fourth-order valence-corrected chi connectivity index (χ4v) is 4.02. The normalized spacial score (nSPS) is 19.2. The third-order valence-electron chi connectivity index (χ3n) is 5.40. The first-order chi connectivity index (χ1) is 13.7. The van der Waals surface area contributed by atoms with Crippen LogP contribution in [-0.2, 0) is 6.54 Å². The minimum Gasteiger partial charge on any atom is -0.454 e. The molecule has 0 saturated carbocycles. The molecule has 2 aliphatic heterocycles. The third-order valence-corrected chi connectivity index (χ3v) is 5.40. The van der Waals surface area contributed by atoms with Gasteiger partial charge in [-0.1, -0.05) is 0 Å². The molecule has 6 nitrogen and oxygen atoms in total. The number of ketones is 1. The quantitative estimate of drug-likeness (QED) is 0.701. The van der Waals surface area contributed by atoms with Crippen LogP contribution in [-0.4, -0.2) is 40.5 Å². The van der Waals surface area contributed by atoms with Gasteiger partial charge in [0.1, 0.15) is 11.6 Å². The molecule has 7 heteroatoms. The summed E-state index contributed by atoms with van der Waals surface area (Å²) in [5, 5.41) is 0. The minimum atomic E-state index is -0.282. The van der Waals surface area contributed by atoms with Crippen molar-refractivity contribution in [3.05, 3.63) is 53.6 Å². The zero-order chi connectivity index (χ0) is 19.1. The van der Waals surface area contributed by atoms with E-state index in [0.29, 0.717) is 35.7 Å². The highest BCUT2D eigenvalue weighted by Gasteiger charge is 2.28. The topological polar surface area (TPSA) is 67.5 Å². The van der Waals surface area contributed by atoms with E-state index >= 15 is 0 Å². The second kappa shape index (κ2) is 6.91. The van der Waals surface area contributed by atoms with Gasteiger partial charge in [0, 0.05) is 18.0 Å². The Hall–Kier alpha value is -2.93. The molecule has 5 rings (SSSR count). The van der Waals surface area contributed by atoms with E-state index in [1.807, 2.05) is 6.07 Å². The summed E-state index contributed by atoms with van der Waals surface area (Å²) in [5.74, 6) is 1.90. The molecule has 1 unspecified atom stereocenters. The van der Waals surface area contributed by atoms with E-state index in [1.54, 1.807) is 18.2 Å². The van der Waals surface area contributed by atoms with E-state index < -0.39 is 0 Å². The van der Waals surface area contributed by atoms with E-state index in [9.17, 15) is 9.18 Å².